The predicted molar refractivity (Wildman–Crippen MR) is 68.6 cm³/mol. The topological polar surface area (TPSA) is 26.0 Å². The molecule has 0 saturated heterocycles. The van der Waals surface area contributed by atoms with Crippen molar-refractivity contribution in [2.75, 3.05) is 0 Å². The Bertz CT molecular complexity index is 584. The van der Waals surface area contributed by atoms with Crippen molar-refractivity contribution in [2.45, 2.75) is 13.0 Å². The van der Waals surface area contributed by atoms with Gasteiger partial charge < -0.3 is 5.73 Å². The molecule has 4 heteroatoms. The zero-order chi connectivity index (χ0) is 13.3. The Morgan fingerprint density at radius 1 is 1.06 bits per heavy atom. The molecule has 0 aliphatic heterocycles. The van der Waals surface area contributed by atoms with E-state index in [0.29, 0.717) is 21.7 Å². The monoisotopic (exact) mass is 267 g/mol. The number of rotatable bonds is 2. The van der Waals surface area contributed by atoms with E-state index in [-0.39, 0.29) is 5.82 Å². The van der Waals surface area contributed by atoms with E-state index in [2.05, 4.69) is 0 Å². The van der Waals surface area contributed by atoms with Crippen molar-refractivity contribution in [3.8, 4) is 0 Å². The van der Waals surface area contributed by atoms with Gasteiger partial charge >= 0.3 is 0 Å². The third kappa shape index (κ3) is 2.52. The molecule has 1 nitrogen and oxygen atoms in total. The van der Waals surface area contributed by atoms with E-state index in [1.165, 1.54) is 24.3 Å². The standard InChI is InChI=1S/C14H12ClF2N/c1-8-6-9(2-4-12(8)16)14(18)11-7-10(15)3-5-13(11)17/h2-7,14H,18H2,1H3. The smallest absolute Gasteiger partial charge is 0.128 e. The van der Waals surface area contributed by atoms with Crippen LogP contribution in [0.2, 0.25) is 5.02 Å². The van der Waals surface area contributed by atoms with Gasteiger partial charge in [-0.15, -0.1) is 0 Å². The minimum absolute atomic E-state index is 0.300. The van der Waals surface area contributed by atoms with Gasteiger partial charge in [0.1, 0.15) is 11.6 Å². The number of benzene rings is 2. The molecule has 0 amide bonds. The second-order valence-corrected chi connectivity index (χ2v) is 4.59. The highest BCUT2D eigenvalue weighted by Crippen LogP contribution is 2.26. The lowest BCUT2D eigenvalue weighted by Crippen LogP contribution is -2.14. The minimum atomic E-state index is -0.664. The highest BCUT2D eigenvalue weighted by atomic mass is 35.5. The van der Waals surface area contributed by atoms with Gasteiger partial charge in [-0.25, -0.2) is 8.78 Å². The van der Waals surface area contributed by atoms with Crippen LogP contribution in [0.1, 0.15) is 22.7 Å². The van der Waals surface area contributed by atoms with Crippen LogP contribution in [0.3, 0.4) is 0 Å². The van der Waals surface area contributed by atoms with E-state index in [1.54, 1.807) is 19.1 Å². The van der Waals surface area contributed by atoms with Gasteiger partial charge in [-0.05, 0) is 42.3 Å². The molecule has 94 valence electrons. The summed E-state index contributed by atoms with van der Waals surface area (Å²) >= 11 is 5.82. The molecule has 18 heavy (non-hydrogen) atoms. The summed E-state index contributed by atoms with van der Waals surface area (Å²) in [4.78, 5) is 0. The average Bonchev–Trinajstić information content (AvgIpc) is 2.35. The second kappa shape index (κ2) is 5.04. The van der Waals surface area contributed by atoms with Crippen LogP contribution in [-0.2, 0) is 0 Å². The fraction of sp³-hybridized carbons (Fsp3) is 0.143. The van der Waals surface area contributed by atoms with E-state index in [1.807, 2.05) is 0 Å². The molecule has 0 aliphatic rings. The average molecular weight is 268 g/mol. The first-order valence-electron chi connectivity index (χ1n) is 5.45. The number of hydrogen-bond acceptors (Lipinski definition) is 1. The molecule has 0 saturated carbocycles. The lowest BCUT2D eigenvalue weighted by atomic mass is 9.97. The predicted octanol–water partition coefficient (Wildman–Crippen LogP) is 3.97. The first-order chi connectivity index (χ1) is 8.49. The number of hydrogen-bond donors (Lipinski definition) is 1. The number of halogens is 3. The van der Waals surface area contributed by atoms with Gasteiger partial charge in [0.05, 0.1) is 6.04 Å². The van der Waals surface area contributed by atoms with E-state index >= 15 is 0 Å². The van der Waals surface area contributed by atoms with Crippen LogP contribution in [0, 0.1) is 18.6 Å². The van der Waals surface area contributed by atoms with E-state index in [9.17, 15) is 8.78 Å². The fourth-order valence-electron chi connectivity index (χ4n) is 1.79. The molecule has 0 heterocycles. The third-order valence-corrected chi connectivity index (χ3v) is 3.07. The summed E-state index contributed by atoms with van der Waals surface area (Å²) in [6, 6.07) is 8.04. The highest BCUT2D eigenvalue weighted by Gasteiger charge is 2.15. The molecule has 0 radical (unpaired) electrons. The van der Waals surface area contributed by atoms with Gasteiger partial charge in [0.2, 0.25) is 0 Å². The zero-order valence-corrected chi connectivity index (χ0v) is 10.5. The Kier molecular flexibility index (Phi) is 3.64. The van der Waals surface area contributed by atoms with Crippen molar-refractivity contribution in [3.63, 3.8) is 0 Å². The van der Waals surface area contributed by atoms with Crippen molar-refractivity contribution in [1.29, 1.82) is 0 Å². The van der Waals surface area contributed by atoms with Gasteiger partial charge in [0, 0.05) is 10.6 Å². The molecular weight excluding hydrogens is 256 g/mol. The van der Waals surface area contributed by atoms with Crippen LogP contribution in [0.4, 0.5) is 8.78 Å². The Hall–Kier alpha value is -1.45. The van der Waals surface area contributed by atoms with Gasteiger partial charge in [-0.2, -0.15) is 0 Å². The maximum atomic E-state index is 13.7. The summed E-state index contributed by atoms with van der Waals surface area (Å²) in [6.45, 7) is 1.64. The van der Waals surface area contributed by atoms with Crippen molar-refractivity contribution in [3.05, 3.63) is 69.7 Å². The third-order valence-electron chi connectivity index (χ3n) is 2.83. The molecule has 0 bridgehead atoms. The van der Waals surface area contributed by atoms with Crippen LogP contribution in [0.15, 0.2) is 36.4 Å². The molecular formula is C14H12ClF2N. The minimum Gasteiger partial charge on any atom is -0.320 e. The molecule has 0 aromatic heterocycles. The Morgan fingerprint density at radius 3 is 2.39 bits per heavy atom. The summed E-state index contributed by atoms with van der Waals surface area (Å²) < 4.78 is 26.8. The Morgan fingerprint density at radius 2 is 1.72 bits per heavy atom. The summed E-state index contributed by atoms with van der Waals surface area (Å²) in [5, 5.41) is 0.417. The molecule has 2 aromatic carbocycles. The normalized spacial score (nSPS) is 12.5. The molecule has 2 N–H and O–H groups in total. The molecule has 2 aromatic rings. The quantitative estimate of drug-likeness (QED) is 0.875. The maximum absolute atomic E-state index is 13.7. The molecule has 0 fully saturated rings. The number of nitrogens with two attached hydrogens (primary N) is 1. The summed E-state index contributed by atoms with van der Waals surface area (Å²) in [5.41, 5.74) is 7.41. The largest absolute Gasteiger partial charge is 0.320 e. The van der Waals surface area contributed by atoms with Crippen molar-refractivity contribution in [1.82, 2.24) is 0 Å². The highest BCUT2D eigenvalue weighted by molar-refractivity contribution is 6.30. The van der Waals surface area contributed by atoms with E-state index in [0.717, 1.165) is 0 Å². The lowest BCUT2D eigenvalue weighted by molar-refractivity contribution is 0.597. The summed E-state index contributed by atoms with van der Waals surface area (Å²) in [6.07, 6.45) is 0. The van der Waals surface area contributed by atoms with Gasteiger partial charge in [-0.3, -0.25) is 0 Å². The molecule has 2 rings (SSSR count). The van der Waals surface area contributed by atoms with Crippen LogP contribution in [0.5, 0.6) is 0 Å². The molecule has 1 unspecified atom stereocenters. The first kappa shape index (κ1) is 13.0. The van der Waals surface area contributed by atoms with Crippen LogP contribution in [-0.4, -0.2) is 0 Å². The van der Waals surface area contributed by atoms with Crippen LogP contribution < -0.4 is 5.73 Å². The van der Waals surface area contributed by atoms with Crippen molar-refractivity contribution in [2.24, 2.45) is 5.73 Å². The van der Waals surface area contributed by atoms with Gasteiger partial charge in [0.25, 0.3) is 0 Å². The zero-order valence-electron chi connectivity index (χ0n) is 9.75. The summed E-state index contributed by atoms with van der Waals surface area (Å²) in [7, 11) is 0. The summed E-state index contributed by atoms with van der Waals surface area (Å²) in [5.74, 6) is -0.730. The van der Waals surface area contributed by atoms with Crippen LogP contribution in [0.25, 0.3) is 0 Å². The van der Waals surface area contributed by atoms with Crippen molar-refractivity contribution >= 4 is 11.6 Å². The SMILES string of the molecule is Cc1cc(C(N)c2cc(Cl)ccc2F)ccc1F. The lowest BCUT2D eigenvalue weighted by Gasteiger charge is -2.14. The van der Waals surface area contributed by atoms with Crippen LogP contribution >= 0.6 is 11.6 Å². The molecule has 0 aliphatic carbocycles. The maximum Gasteiger partial charge on any atom is 0.128 e. The van der Waals surface area contributed by atoms with Gasteiger partial charge in [-0.1, -0.05) is 23.7 Å². The van der Waals surface area contributed by atoms with Gasteiger partial charge in [0.15, 0.2) is 0 Å². The molecule has 1 atom stereocenters. The first-order valence-corrected chi connectivity index (χ1v) is 5.83. The fourth-order valence-corrected chi connectivity index (χ4v) is 1.97. The number of aryl methyl sites for hydroxylation is 1. The second-order valence-electron chi connectivity index (χ2n) is 4.15. The van der Waals surface area contributed by atoms with E-state index in [4.69, 9.17) is 17.3 Å². The Balaban J connectivity index is 2.44. The molecule has 0 spiro atoms. The van der Waals surface area contributed by atoms with Crippen molar-refractivity contribution < 1.29 is 8.78 Å². The van der Waals surface area contributed by atoms with E-state index < -0.39 is 11.9 Å². The Labute approximate surface area is 109 Å².